The van der Waals surface area contributed by atoms with E-state index < -0.39 is 0 Å². The third-order valence-electron chi connectivity index (χ3n) is 2.10. The highest BCUT2D eigenvalue weighted by Gasteiger charge is 2.20. The summed E-state index contributed by atoms with van der Waals surface area (Å²) in [5.41, 5.74) is 5.63. The van der Waals surface area contributed by atoms with Crippen LogP contribution in [0.25, 0.3) is 0 Å². The molecule has 0 saturated carbocycles. The van der Waals surface area contributed by atoms with Crippen LogP contribution in [0.15, 0.2) is 0 Å². The smallest absolute Gasteiger partial charge is 0.222 e. The number of carbonyl (C=O) groups excluding carboxylic acids is 1. The van der Waals surface area contributed by atoms with Crippen LogP contribution in [0.5, 0.6) is 0 Å². The van der Waals surface area contributed by atoms with Gasteiger partial charge in [0.05, 0.1) is 19.1 Å². The molecule has 1 fully saturated rings. The van der Waals surface area contributed by atoms with Gasteiger partial charge in [0, 0.05) is 13.1 Å². The van der Waals surface area contributed by atoms with Crippen molar-refractivity contribution in [1.82, 2.24) is 5.32 Å². The summed E-state index contributed by atoms with van der Waals surface area (Å²) in [6.45, 7) is 0.585. The molecular formula is C8H16N2O2. The third-order valence-corrected chi connectivity index (χ3v) is 2.10. The van der Waals surface area contributed by atoms with Gasteiger partial charge >= 0.3 is 0 Å². The molecule has 0 aromatic carbocycles. The summed E-state index contributed by atoms with van der Waals surface area (Å²) in [7, 11) is 1.64. The molecule has 1 aliphatic heterocycles. The Morgan fingerprint density at radius 2 is 2.42 bits per heavy atom. The average Bonchev–Trinajstić information content (AvgIpc) is 2.09. The van der Waals surface area contributed by atoms with Crippen LogP contribution in [-0.4, -0.2) is 31.7 Å². The summed E-state index contributed by atoms with van der Waals surface area (Å²) in [4.78, 5) is 10.9. The Labute approximate surface area is 72.5 Å². The van der Waals surface area contributed by atoms with Gasteiger partial charge in [-0.25, -0.2) is 0 Å². The Bertz CT molecular complexity index is 153. The minimum absolute atomic E-state index is 0.0375. The summed E-state index contributed by atoms with van der Waals surface area (Å²) in [6, 6.07) is 0.158. The van der Waals surface area contributed by atoms with Gasteiger partial charge in [0.2, 0.25) is 5.91 Å². The van der Waals surface area contributed by atoms with Gasteiger partial charge in [-0.1, -0.05) is 0 Å². The summed E-state index contributed by atoms with van der Waals surface area (Å²) in [6.07, 6.45) is 2.39. The van der Waals surface area contributed by atoms with Gasteiger partial charge in [0.15, 0.2) is 0 Å². The van der Waals surface area contributed by atoms with Crippen molar-refractivity contribution in [2.24, 2.45) is 5.73 Å². The minimum atomic E-state index is 0.0375. The number of rotatable bonds is 2. The van der Waals surface area contributed by atoms with Crippen molar-refractivity contribution in [2.75, 3.05) is 13.7 Å². The molecule has 0 aromatic heterocycles. The summed E-state index contributed by atoms with van der Waals surface area (Å²) < 4.78 is 5.38. The van der Waals surface area contributed by atoms with Crippen molar-refractivity contribution in [1.29, 1.82) is 0 Å². The van der Waals surface area contributed by atoms with Gasteiger partial charge in [-0.05, 0) is 12.8 Å². The van der Waals surface area contributed by atoms with Crippen molar-refractivity contribution in [2.45, 2.75) is 31.4 Å². The van der Waals surface area contributed by atoms with Gasteiger partial charge in [-0.3, -0.25) is 4.79 Å². The van der Waals surface area contributed by atoms with Crippen LogP contribution in [0.3, 0.4) is 0 Å². The Kier molecular flexibility index (Phi) is 3.49. The standard InChI is InChI=1S/C8H16N2O2/c1-10-8(11)4-7-3-2-6(9)5-12-7/h6-7H,2-5,9H2,1H3,(H,10,11)/t6?,7-/m0/s1. The molecule has 1 heterocycles. The zero-order valence-electron chi connectivity index (χ0n) is 7.38. The highest BCUT2D eigenvalue weighted by Crippen LogP contribution is 2.14. The molecule has 0 aromatic rings. The second kappa shape index (κ2) is 4.42. The molecule has 1 rings (SSSR count). The Hall–Kier alpha value is -0.610. The molecular weight excluding hydrogens is 156 g/mol. The first kappa shape index (κ1) is 9.48. The first-order valence-corrected chi connectivity index (χ1v) is 4.30. The van der Waals surface area contributed by atoms with Crippen molar-refractivity contribution >= 4 is 5.91 Å². The van der Waals surface area contributed by atoms with E-state index in [9.17, 15) is 4.79 Å². The van der Waals surface area contributed by atoms with Crippen LogP contribution < -0.4 is 11.1 Å². The quantitative estimate of drug-likeness (QED) is 0.597. The lowest BCUT2D eigenvalue weighted by atomic mass is 10.0. The molecule has 1 aliphatic rings. The number of hydrogen-bond acceptors (Lipinski definition) is 3. The van der Waals surface area contributed by atoms with Crippen molar-refractivity contribution in [3.63, 3.8) is 0 Å². The molecule has 1 unspecified atom stereocenters. The number of carbonyl (C=O) groups is 1. The fraction of sp³-hybridized carbons (Fsp3) is 0.875. The molecule has 0 aliphatic carbocycles. The fourth-order valence-corrected chi connectivity index (χ4v) is 1.30. The van der Waals surface area contributed by atoms with Crippen LogP contribution >= 0.6 is 0 Å². The molecule has 4 heteroatoms. The number of nitrogens with two attached hydrogens (primary N) is 1. The van der Waals surface area contributed by atoms with Crippen LogP contribution in [0, 0.1) is 0 Å². The maximum absolute atomic E-state index is 10.9. The third kappa shape index (κ3) is 2.79. The highest BCUT2D eigenvalue weighted by molar-refractivity contribution is 5.76. The monoisotopic (exact) mass is 172 g/mol. The molecule has 4 nitrogen and oxygen atoms in total. The SMILES string of the molecule is CNC(=O)C[C@@H]1CCC(N)CO1. The Balaban J connectivity index is 2.21. The first-order valence-electron chi connectivity index (χ1n) is 4.30. The van der Waals surface area contributed by atoms with Gasteiger partial charge in [-0.15, -0.1) is 0 Å². The van der Waals surface area contributed by atoms with Crippen molar-refractivity contribution in [3.05, 3.63) is 0 Å². The molecule has 2 atom stereocenters. The summed E-state index contributed by atoms with van der Waals surface area (Å²) in [5.74, 6) is 0.0375. The van der Waals surface area contributed by atoms with Gasteiger partial charge in [-0.2, -0.15) is 0 Å². The van der Waals surface area contributed by atoms with Gasteiger partial charge < -0.3 is 15.8 Å². The van der Waals surface area contributed by atoms with Crippen LogP contribution in [0.4, 0.5) is 0 Å². The maximum Gasteiger partial charge on any atom is 0.222 e. The molecule has 0 bridgehead atoms. The predicted octanol–water partition coefficient (Wildman–Crippen LogP) is -0.371. The van der Waals surface area contributed by atoms with E-state index in [4.69, 9.17) is 10.5 Å². The molecule has 3 N–H and O–H groups in total. The van der Waals surface area contributed by atoms with E-state index in [1.54, 1.807) is 7.05 Å². The van der Waals surface area contributed by atoms with Gasteiger partial charge in [0.1, 0.15) is 0 Å². The number of hydrogen-bond donors (Lipinski definition) is 2. The molecule has 0 spiro atoms. The molecule has 1 amide bonds. The van der Waals surface area contributed by atoms with E-state index in [1.165, 1.54) is 0 Å². The minimum Gasteiger partial charge on any atom is -0.376 e. The van der Waals surface area contributed by atoms with E-state index in [-0.39, 0.29) is 18.1 Å². The molecule has 0 radical (unpaired) electrons. The Morgan fingerprint density at radius 1 is 1.67 bits per heavy atom. The zero-order valence-corrected chi connectivity index (χ0v) is 7.38. The number of nitrogens with one attached hydrogen (secondary N) is 1. The van der Waals surface area contributed by atoms with E-state index in [2.05, 4.69) is 5.32 Å². The van der Waals surface area contributed by atoms with Crippen LogP contribution in [0.2, 0.25) is 0 Å². The van der Waals surface area contributed by atoms with Gasteiger partial charge in [0.25, 0.3) is 0 Å². The predicted molar refractivity (Wildman–Crippen MR) is 45.6 cm³/mol. The maximum atomic E-state index is 10.9. The zero-order chi connectivity index (χ0) is 8.97. The summed E-state index contributed by atoms with van der Waals surface area (Å²) in [5, 5.41) is 2.57. The largest absolute Gasteiger partial charge is 0.376 e. The topological polar surface area (TPSA) is 64.4 Å². The van der Waals surface area contributed by atoms with E-state index >= 15 is 0 Å². The normalized spacial score (nSPS) is 29.8. The first-order chi connectivity index (χ1) is 5.72. The van der Waals surface area contributed by atoms with Crippen LogP contribution in [-0.2, 0) is 9.53 Å². The lowest BCUT2D eigenvalue weighted by molar-refractivity contribution is -0.124. The van der Waals surface area contributed by atoms with Crippen LogP contribution in [0.1, 0.15) is 19.3 Å². The molecule has 12 heavy (non-hydrogen) atoms. The van der Waals surface area contributed by atoms with E-state index in [0.29, 0.717) is 13.0 Å². The lowest BCUT2D eigenvalue weighted by Crippen LogP contribution is -2.37. The van der Waals surface area contributed by atoms with Crippen molar-refractivity contribution in [3.8, 4) is 0 Å². The highest BCUT2D eigenvalue weighted by atomic mass is 16.5. The Morgan fingerprint density at radius 3 is 2.92 bits per heavy atom. The number of amides is 1. The fourth-order valence-electron chi connectivity index (χ4n) is 1.30. The molecule has 70 valence electrons. The van der Waals surface area contributed by atoms with Crippen molar-refractivity contribution < 1.29 is 9.53 Å². The number of ether oxygens (including phenoxy) is 1. The van der Waals surface area contributed by atoms with E-state index in [1.807, 2.05) is 0 Å². The second-order valence-electron chi connectivity index (χ2n) is 3.17. The average molecular weight is 172 g/mol. The van der Waals surface area contributed by atoms with E-state index in [0.717, 1.165) is 12.8 Å². The lowest BCUT2D eigenvalue weighted by Gasteiger charge is -2.26. The molecule has 1 saturated heterocycles. The summed E-state index contributed by atoms with van der Waals surface area (Å²) >= 11 is 0. The second-order valence-corrected chi connectivity index (χ2v) is 3.17.